The molecule has 0 amide bonds. The number of thiazole rings is 1. The smallest absolute Gasteiger partial charge is 0.138 e. The second kappa shape index (κ2) is 6.37. The van der Waals surface area contributed by atoms with Crippen LogP contribution in [-0.4, -0.2) is 11.0 Å². The van der Waals surface area contributed by atoms with Gasteiger partial charge in [-0.25, -0.2) is 4.98 Å². The molecule has 0 fully saturated rings. The molecular formula is C14H17ClN2OS. The third kappa shape index (κ3) is 4.20. The topological polar surface area (TPSA) is 48.1 Å². The summed E-state index contributed by atoms with van der Waals surface area (Å²) in [7, 11) is 0. The number of nitrogens with zero attached hydrogens (tertiary/aromatic N) is 1. The average Bonchev–Trinajstić information content (AvgIpc) is 2.73. The van der Waals surface area contributed by atoms with Crippen molar-refractivity contribution >= 4 is 22.9 Å². The third-order valence-electron chi connectivity index (χ3n) is 2.60. The molecule has 0 saturated carbocycles. The Hall–Kier alpha value is -1.10. The highest BCUT2D eigenvalue weighted by Gasteiger charge is 2.06. The van der Waals surface area contributed by atoms with E-state index in [0.717, 1.165) is 22.7 Å². The van der Waals surface area contributed by atoms with Crippen molar-refractivity contribution in [3.8, 4) is 5.75 Å². The number of hydrogen-bond donors (Lipinski definition) is 1. The number of hydrogen-bond acceptors (Lipinski definition) is 4. The van der Waals surface area contributed by atoms with Gasteiger partial charge in [0.05, 0.1) is 15.7 Å². The predicted octanol–water partition coefficient (Wildman–Crippen LogP) is 3.57. The molecule has 0 spiro atoms. The Morgan fingerprint density at radius 1 is 1.47 bits per heavy atom. The van der Waals surface area contributed by atoms with E-state index in [2.05, 4.69) is 4.98 Å². The van der Waals surface area contributed by atoms with E-state index in [1.807, 2.05) is 37.4 Å². The van der Waals surface area contributed by atoms with E-state index >= 15 is 0 Å². The fraction of sp³-hybridized carbons (Fsp3) is 0.357. The number of halogens is 1. The van der Waals surface area contributed by atoms with E-state index in [1.54, 1.807) is 11.3 Å². The van der Waals surface area contributed by atoms with Crippen molar-refractivity contribution in [3.05, 3.63) is 44.9 Å². The number of aromatic nitrogens is 1. The molecule has 0 aliphatic carbocycles. The van der Waals surface area contributed by atoms with Crippen LogP contribution < -0.4 is 10.5 Å². The van der Waals surface area contributed by atoms with Gasteiger partial charge in [-0.3, -0.25) is 0 Å². The lowest BCUT2D eigenvalue weighted by atomic mass is 10.1. The zero-order chi connectivity index (χ0) is 13.8. The minimum atomic E-state index is 0.126. The first-order chi connectivity index (χ1) is 9.04. The first kappa shape index (κ1) is 14.3. The fourth-order valence-electron chi connectivity index (χ4n) is 1.79. The average molecular weight is 297 g/mol. The largest absolute Gasteiger partial charge is 0.486 e. The molecule has 0 aliphatic heterocycles. The Morgan fingerprint density at radius 3 is 2.84 bits per heavy atom. The summed E-state index contributed by atoms with van der Waals surface area (Å²) < 4.78 is 5.68. The molecule has 1 heterocycles. The van der Waals surface area contributed by atoms with E-state index in [9.17, 15) is 0 Å². The van der Waals surface area contributed by atoms with Gasteiger partial charge in [-0.15, -0.1) is 11.3 Å². The molecule has 1 aromatic carbocycles. The van der Waals surface area contributed by atoms with Crippen molar-refractivity contribution in [2.45, 2.75) is 32.9 Å². The monoisotopic (exact) mass is 296 g/mol. The van der Waals surface area contributed by atoms with E-state index in [1.165, 1.54) is 0 Å². The van der Waals surface area contributed by atoms with Crippen LogP contribution >= 0.6 is 22.9 Å². The summed E-state index contributed by atoms with van der Waals surface area (Å²) in [5.74, 6) is 0.681. The van der Waals surface area contributed by atoms with Crippen LogP contribution in [0.15, 0.2) is 23.6 Å². The summed E-state index contributed by atoms with van der Waals surface area (Å²) in [6, 6.07) is 5.92. The lowest BCUT2D eigenvalue weighted by Gasteiger charge is -2.10. The van der Waals surface area contributed by atoms with Crippen LogP contribution in [-0.2, 0) is 13.0 Å². The molecule has 2 rings (SSSR count). The lowest BCUT2D eigenvalue weighted by Crippen LogP contribution is -2.17. The maximum absolute atomic E-state index is 6.20. The van der Waals surface area contributed by atoms with Gasteiger partial charge in [0.2, 0.25) is 0 Å². The quantitative estimate of drug-likeness (QED) is 0.917. The van der Waals surface area contributed by atoms with Crippen molar-refractivity contribution in [2.24, 2.45) is 5.73 Å². The highest BCUT2D eigenvalue weighted by atomic mass is 35.5. The molecular weight excluding hydrogens is 280 g/mol. The first-order valence-corrected chi connectivity index (χ1v) is 7.38. The fourth-order valence-corrected chi connectivity index (χ4v) is 2.64. The van der Waals surface area contributed by atoms with E-state index < -0.39 is 0 Å². The Balaban J connectivity index is 2.00. The number of benzene rings is 1. The highest BCUT2D eigenvalue weighted by molar-refractivity contribution is 7.09. The molecule has 1 unspecified atom stereocenters. The second-order valence-corrected chi connectivity index (χ2v) is 6.06. The predicted molar refractivity (Wildman–Crippen MR) is 80.0 cm³/mol. The van der Waals surface area contributed by atoms with Gasteiger partial charge in [0, 0.05) is 11.4 Å². The molecule has 102 valence electrons. The molecule has 19 heavy (non-hydrogen) atoms. The van der Waals surface area contributed by atoms with Crippen molar-refractivity contribution < 1.29 is 4.74 Å². The van der Waals surface area contributed by atoms with E-state index in [0.29, 0.717) is 17.4 Å². The summed E-state index contributed by atoms with van der Waals surface area (Å²) >= 11 is 7.82. The first-order valence-electron chi connectivity index (χ1n) is 6.12. The third-order valence-corrected chi connectivity index (χ3v) is 3.71. The van der Waals surface area contributed by atoms with Crippen LogP contribution in [0.2, 0.25) is 5.02 Å². The highest BCUT2D eigenvalue weighted by Crippen LogP contribution is 2.26. The van der Waals surface area contributed by atoms with Crippen molar-refractivity contribution in [2.75, 3.05) is 0 Å². The Labute approximate surface area is 122 Å². The van der Waals surface area contributed by atoms with E-state index in [4.69, 9.17) is 22.1 Å². The summed E-state index contributed by atoms with van der Waals surface area (Å²) in [5.41, 5.74) is 7.82. The standard InChI is InChI=1S/C14H17ClN2OS/c1-9(16)5-11-3-4-14(13(15)6-11)18-7-12-8-19-10(2)17-12/h3-4,6,8-9H,5,7,16H2,1-2H3. The molecule has 0 aliphatic rings. The van der Waals surface area contributed by atoms with E-state index in [-0.39, 0.29) is 6.04 Å². The van der Waals surface area contributed by atoms with Crippen LogP contribution in [0.4, 0.5) is 0 Å². The van der Waals surface area contributed by atoms with Crippen LogP contribution in [0.5, 0.6) is 5.75 Å². The lowest BCUT2D eigenvalue weighted by molar-refractivity contribution is 0.302. The second-order valence-electron chi connectivity index (χ2n) is 4.59. The molecule has 0 radical (unpaired) electrons. The normalized spacial score (nSPS) is 12.4. The maximum Gasteiger partial charge on any atom is 0.138 e. The number of aryl methyl sites for hydroxylation is 1. The Morgan fingerprint density at radius 2 is 2.26 bits per heavy atom. The van der Waals surface area contributed by atoms with Gasteiger partial charge in [0.15, 0.2) is 0 Å². The van der Waals surface area contributed by atoms with Gasteiger partial charge in [-0.2, -0.15) is 0 Å². The molecule has 0 saturated heterocycles. The van der Waals surface area contributed by atoms with Crippen molar-refractivity contribution in [3.63, 3.8) is 0 Å². The van der Waals surface area contributed by atoms with Crippen molar-refractivity contribution in [1.29, 1.82) is 0 Å². The molecule has 5 heteroatoms. The van der Waals surface area contributed by atoms with Gasteiger partial charge >= 0.3 is 0 Å². The van der Waals surface area contributed by atoms with Gasteiger partial charge in [-0.05, 0) is 38.0 Å². The molecule has 1 aromatic heterocycles. The van der Waals surface area contributed by atoms with Gasteiger partial charge < -0.3 is 10.5 Å². The summed E-state index contributed by atoms with van der Waals surface area (Å²) in [5, 5.41) is 3.65. The molecule has 3 nitrogen and oxygen atoms in total. The summed E-state index contributed by atoms with van der Waals surface area (Å²) in [4.78, 5) is 4.35. The zero-order valence-corrected chi connectivity index (χ0v) is 12.6. The van der Waals surface area contributed by atoms with Crippen LogP contribution in [0.25, 0.3) is 0 Å². The number of ether oxygens (including phenoxy) is 1. The number of nitrogens with two attached hydrogens (primary N) is 1. The minimum absolute atomic E-state index is 0.126. The van der Waals surface area contributed by atoms with Crippen LogP contribution in [0.3, 0.4) is 0 Å². The molecule has 2 N–H and O–H groups in total. The summed E-state index contributed by atoms with van der Waals surface area (Å²) in [6.07, 6.45) is 0.811. The van der Waals surface area contributed by atoms with Crippen LogP contribution in [0.1, 0.15) is 23.2 Å². The number of rotatable bonds is 5. The molecule has 2 aromatic rings. The minimum Gasteiger partial charge on any atom is -0.486 e. The molecule has 1 atom stereocenters. The SMILES string of the molecule is Cc1nc(COc2ccc(CC(C)N)cc2Cl)cs1. The van der Waals surface area contributed by atoms with Crippen LogP contribution in [0, 0.1) is 6.92 Å². The molecule has 0 bridgehead atoms. The maximum atomic E-state index is 6.20. The zero-order valence-electron chi connectivity index (χ0n) is 11.0. The van der Waals surface area contributed by atoms with Gasteiger partial charge in [0.1, 0.15) is 12.4 Å². The van der Waals surface area contributed by atoms with Gasteiger partial charge in [0.25, 0.3) is 0 Å². The summed E-state index contributed by atoms with van der Waals surface area (Å²) in [6.45, 7) is 4.39. The van der Waals surface area contributed by atoms with Gasteiger partial charge in [-0.1, -0.05) is 17.7 Å². The van der Waals surface area contributed by atoms with Crippen molar-refractivity contribution in [1.82, 2.24) is 4.98 Å². The Bertz CT molecular complexity index is 554. The Kier molecular flexibility index (Phi) is 4.80.